The molecule has 0 amide bonds. The van der Waals surface area contributed by atoms with Crippen LogP contribution in [-0.2, 0) is 12.8 Å². The molecule has 2 aliphatic rings. The predicted molar refractivity (Wildman–Crippen MR) is 91.9 cm³/mol. The Morgan fingerprint density at radius 1 is 1.05 bits per heavy atom. The van der Waals surface area contributed by atoms with Crippen molar-refractivity contribution in [1.82, 2.24) is 0 Å². The molecule has 4 heteroatoms. The van der Waals surface area contributed by atoms with Gasteiger partial charge in [-0.25, -0.2) is 0 Å². The van der Waals surface area contributed by atoms with Crippen LogP contribution in [0.1, 0.15) is 21.5 Å². The van der Waals surface area contributed by atoms with E-state index in [2.05, 4.69) is 28.5 Å². The smallest absolute Gasteiger partial charge is 0.176 e. The molecular formula is C18H16N2OS. The van der Waals surface area contributed by atoms with Crippen LogP contribution >= 0.6 is 11.8 Å². The van der Waals surface area contributed by atoms with Crippen LogP contribution in [0.3, 0.4) is 0 Å². The largest absolute Gasteiger partial charge is 0.335 e. The van der Waals surface area contributed by atoms with E-state index in [9.17, 15) is 4.79 Å². The van der Waals surface area contributed by atoms with Gasteiger partial charge in [0.05, 0.1) is 5.25 Å². The fraction of sp³-hybridized carbons (Fsp3) is 0.222. The number of nitrogens with zero attached hydrogens (tertiary/aromatic N) is 1. The molecule has 1 N–H and O–H groups in total. The topological polar surface area (TPSA) is 41.5 Å². The van der Waals surface area contributed by atoms with E-state index in [1.807, 2.05) is 30.3 Å². The van der Waals surface area contributed by atoms with Crippen molar-refractivity contribution in [2.75, 3.05) is 11.9 Å². The van der Waals surface area contributed by atoms with Gasteiger partial charge in [0, 0.05) is 17.8 Å². The lowest BCUT2D eigenvalue weighted by molar-refractivity contribution is 0.100. The van der Waals surface area contributed by atoms with Crippen molar-refractivity contribution < 1.29 is 4.79 Å². The number of rotatable bonds is 1. The number of nitrogens with one attached hydrogen (secondary N) is 1. The quantitative estimate of drug-likeness (QED) is 0.876. The molecule has 0 radical (unpaired) electrons. The Kier molecular flexibility index (Phi) is 3.47. The Morgan fingerprint density at radius 3 is 2.68 bits per heavy atom. The number of anilines is 1. The van der Waals surface area contributed by atoms with Gasteiger partial charge in [-0.3, -0.25) is 9.79 Å². The van der Waals surface area contributed by atoms with E-state index >= 15 is 0 Å². The molecule has 2 aromatic rings. The van der Waals surface area contributed by atoms with Gasteiger partial charge in [-0.2, -0.15) is 0 Å². The van der Waals surface area contributed by atoms with Crippen LogP contribution in [0.15, 0.2) is 53.5 Å². The van der Waals surface area contributed by atoms with Crippen LogP contribution in [-0.4, -0.2) is 22.7 Å². The van der Waals surface area contributed by atoms with E-state index < -0.39 is 0 Å². The third-order valence-electron chi connectivity index (χ3n) is 4.13. The number of hydrogen-bond donors (Lipinski definition) is 1. The first-order valence-corrected chi connectivity index (χ1v) is 8.37. The Morgan fingerprint density at radius 2 is 1.82 bits per heavy atom. The summed E-state index contributed by atoms with van der Waals surface area (Å²) < 4.78 is 0. The molecule has 1 atom stereocenters. The highest BCUT2D eigenvalue weighted by Gasteiger charge is 2.32. The third kappa shape index (κ3) is 2.44. The lowest BCUT2D eigenvalue weighted by Gasteiger charge is -2.12. The average molecular weight is 308 g/mol. The Balaban J connectivity index is 1.53. The first-order valence-electron chi connectivity index (χ1n) is 7.49. The zero-order valence-electron chi connectivity index (χ0n) is 12.1. The van der Waals surface area contributed by atoms with Gasteiger partial charge in [-0.1, -0.05) is 54.2 Å². The van der Waals surface area contributed by atoms with E-state index in [0.29, 0.717) is 0 Å². The van der Waals surface area contributed by atoms with Crippen molar-refractivity contribution in [2.24, 2.45) is 4.99 Å². The second kappa shape index (κ2) is 5.61. The highest BCUT2D eigenvalue weighted by Crippen LogP contribution is 2.32. The number of benzene rings is 2. The number of amidine groups is 1. The lowest BCUT2D eigenvalue weighted by Crippen LogP contribution is -2.18. The van der Waals surface area contributed by atoms with Crippen LogP contribution < -0.4 is 5.32 Å². The number of carbonyl (C=O) groups is 1. The molecule has 0 saturated heterocycles. The summed E-state index contributed by atoms with van der Waals surface area (Å²) in [5, 5.41) is 4.19. The monoisotopic (exact) mass is 308 g/mol. The molecule has 3 nitrogen and oxygen atoms in total. The lowest BCUT2D eigenvalue weighted by atomic mass is 10.1. The van der Waals surface area contributed by atoms with Crippen LogP contribution in [0.2, 0.25) is 0 Å². The predicted octanol–water partition coefficient (Wildman–Crippen LogP) is 3.55. The minimum Gasteiger partial charge on any atom is -0.335 e. The van der Waals surface area contributed by atoms with Gasteiger partial charge in [0.25, 0.3) is 0 Å². The molecule has 2 aromatic carbocycles. The van der Waals surface area contributed by atoms with Crippen LogP contribution in [0, 0.1) is 0 Å². The number of aliphatic imine (C=N–C) groups is 1. The number of fused-ring (bicyclic) bond motifs is 2. The van der Waals surface area contributed by atoms with Gasteiger partial charge < -0.3 is 5.32 Å². The van der Waals surface area contributed by atoms with Crippen molar-refractivity contribution in [3.8, 4) is 0 Å². The molecule has 0 bridgehead atoms. The second-order valence-electron chi connectivity index (χ2n) is 5.55. The van der Waals surface area contributed by atoms with Crippen molar-refractivity contribution in [1.29, 1.82) is 0 Å². The summed E-state index contributed by atoms with van der Waals surface area (Å²) in [6.07, 6.45) is 1.73. The van der Waals surface area contributed by atoms with E-state index in [0.717, 1.165) is 41.4 Å². The van der Waals surface area contributed by atoms with Gasteiger partial charge in [0.15, 0.2) is 11.0 Å². The maximum absolute atomic E-state index is 12.5. The maximum Gasteiger partial charge on any atom is 0.176 e. The Hall–Kier alpha value is -2.07. The number of Topliss-reactive ketones (excluding diaryl/α,β-unsaturated/α-hetero) is 1. The van der Waals surface area contributed by atoms with Crippen molar-refractivity contribution in [3.63, 3.8) is 0 Å². The summed E-state index contributed by atoms with van der Waals surface area (Å²) in [7, 11) is 0. The molecule has 1 heterocycles. The van der Waals surface area contributed by atoms with E-state index in [1.165, 1.54) is 5.56 Å². The van der Waals surface area contributed by atoms with E-state index in [4.69, 9.17) is 0 Å². The van der Waals surface area contributed by atoms with Gasteiger partial charge in [0.1, 0.15) is 0 Å². The van der Waals surface area contributed by atoms with Gasteiger partial charge in [0.2, 0.25) is 0 Å². The molecule has 1 aliphatic heterocycles. The number of hydrogen-bond acceptors (Lipinski definition) is 4. The summed E-state index contributed by atoms with van der Waals surface area (Å²) >= 11 is 1.56. The van der Waals surface area contributed by atoms with Crippen molar-refractivity contribution >= 4 is 28.4 Å². The average Bonchev–Trinajstić information content (AvgIpc) is 2.73. The fourth-order valence-corrected chi connectivity index (χ4v) is 4.10. The summed E-state index contributed by atoms with van der Waals surface area (Å²) in [5.41, 5.74) is 4.41. The van der Waals surface area contributed by atoms with E-state index in [-0.39, 0.29) is 11.0 Å². The minimum atomic E-state index is -0.0612. The second-order valence-corrected chi connectivity index (χ2v) is 6.74. The zero-order valence-corrected chi connectivity index (χ0v) is 12.9. The number of thioether (sulfide) groups is 1. The maximum atomic E-state index is 12.5. The summed E-state index contributed by atoms with van der Waals surface area (Å²) in [6, 6.07) is 16.2. The van der Waals surface area contributed by atoms with Gasteiger partial charge in [-0.15, -0.1) is 0 Å². The summed E-state index contributed by atoms with van der Waals surface area (Å²) in [4.78, 5) is 17.1. The molecule has 4 rings (SSSR count). The number of ketones is 1. The first kappa shape index (κ1) is 13.6. The van der Waals surface area contributed by atoms with Gasteiger partial charge in [-0.05, 0) is 30.0 Å². The standard InChI is InChI=1S/C18H16N2OS/c21-17-14-7-3-1-6-13(14)11-16(17)22-18-19-10-9-12-5-2-4-8-15(12)20-18/h1-8,16H,9-11H2,(H,19,20). The molecule has 0 saturated carbocycles. The molecule has 0 aromatic heterocycles. The fourth-order valence-electron chi connectivity index (χ4n) is 2.99. The molecule has 1 unspecified atom stereocenters. The molecule has 0 spiro atoms. The normalized spacial score (nSPS) is 19.7. The Labute approximate surface area is 133 Å². The van der Waals surface area contributed by atoms with Crippen molar-refractivity contribution in [2.45, 2.75) is 18.1 Å². The first-order chi connectivity index (χ1) is 10.8. The minimum absolute atomic E-state index is 0.0612. The number of carbonyl (C=O) groups excluding carboxylic acids is 1. The highest BCUT2D eigenvalue weighted by atomic mass is 32.2. The molecule has 110 valence electrons. The van der Waals surface area contributed by atoms with Crippen LogP contribution in [0.5, 0.6) is 0 Å². The molecule has 22 heavy (non-hydrogen) atoms. The SMILES string of the molecule is O=C1c2ccccc2CC1SC1=NCCc2ccccc2N1. The summed E-state index contributed by atoms with van der Waals surface area (Å²) in [6.45, 7) is 0.764. The van der Waals surface area contributed by atoms with Crippen LogP contribution in [0.25, 0.3) is 0 Å². The Bertz CT molecular complexity index is 769. The molecule has 1 aliphatic carbocycles. The van der Waals surface area contributed by atoms with Gasteiger partial charge >= 0.3 is 0 Å². The number of para-hydroxylation sites is 1. The van der Waals surface area contributed by atoms with Crippen LogP contribution in [0.4, 0.5) is 5.69 Å². The molecular weight excluding hydrogens is 292 g/mol. The van der Waals surface area contributed by atoms with Crippen molar-refractivity contribution in [3.05, 3.63) is 65.2 Å². The zero-order chi connectivity index (χ0) is 14.9. The third-order valence-corrected chi connectivity index (χ3v) is 5.25. The highest BCUT2D eigenvalue weighted by molar-refractivity contribution is 8.15. The summed E-state index contributed by atoms with van der Waals surface area (Å²) in [5.74, 6) is 0.225. The van der Waals surface area contributed by atoms with E-state index in [1.54, 1.807) is 11.8 Å². The molecule has 0 fully saturated rings.